The van der Waals surface area contributed by atoms with Gasteiger partial charge in [-0.2, -0.15) is 5.10 Å². The molecule has 0 amide bonds. The lowest BCUT2D eigenvalue weighted by Gasteiger charge is -2.42. The van der Waals surface area contributed by atoms with Crippen LogP contribution in [0.5, 0.6) is 0 Å². The Balaban J connectivity index is 1.67. The van der Waals surface area contributed by atoms with Gasteiger partial charge in [-0.15, -0.1) is 0 Å². The van der Waals surface area contributed by atoms with Crippen molar-refractivity contribution in [2.75, 3.05) is 11.9 Å². The van der Waals surface area contributed by atoms with E-state index >= 15 is 0 Å². The van der Waals surface area contributed by atoms with E-state index in [-0.39, 0.29) is 12.0 Å². The van der Waals surface area contributed by atoms with Crippen LogP contribution in [0.3, 0.4) is 0 Å². The molecule has 5 rings (SSSR count). The van der Waals surface area contributed by atoms with Gasteiger partial charge in [0, 0.05) is 11.1 Å². The minimum Gasteiger partial charge on any atom is -0.464 e. The molecule has 2 bridgehead atoms. The average molecular weight is 311 g/mol. The molecule has 2 heterocycles. The number of H-pyrrole nitrogens is 1. The fourth-order valence-corrected chi connectivity index (χ4v) is 5.48. The molecule has 3 aliphatic rings. The molecule has 1 aromatic carbocycles. The van der Waals surface area contributed by atoms with Crippen LogP contribution in [0.15, 0.2) is 18.3 Å². The van der Waals surface area contributed by atoms with Gasteiger partial charge < -0.3 is 10.1 Å². The van der Waals surface area contributed by atoms with E-state index in [2.05, 4.69) is 21.6 Å². The Morgan fingerprint density at radius 1 is 1.35 bits per heavy atom. The van der Waals surface area contributed by atoms with Crippen LogP contribution in [-0.4, -0.2) is 28.8 Å². The van der Waals surface area contributed by atoms with Gasteiger partial charge in [0.15, 0.2) is 0 Å². The van der Waals surface area contributed by atoms with Crippen molar-refractivity contribution in [1.82, 2.24) is 10.2 Å². The molecule has 120 valence electrons. The van der Waals surface area contributed by atoms with Gasteiger partial charge >= 0.3 is 5.97 Å². The number of anilines is 1. The minimum absolute atomic E-state index is 0.0898. The van der Waals surface area contributed by atoms with E-state index in [1.54, 1.807) is 0 Å². The first-order valence-electron chi connectivity index (χ1n) is 8.67. The van der Waals surface area contributed by atoms with Crippen LogP contribution >= 0.6 is 0 Å². The van der Waals surface area contributed by atoms with Gasteiger partial charge in [0.1, 0.15) is 6.04 Å². The number of esters is 1. The molecular formula is C18H21N3O2. The highest BCUT2D eigenvalue weighted by Crippen LogP contribution is 2.61. The summed E-state index contributed by atoms with van der Waals surface area (Å²) < 4.78 is 5.36. The number of aromatic nitrogens is 2. The van der Waals surface area contributed by atoms with Crippen LogP contribution < -0.4 is 5.32 Å². The molecule has 5 heteroatoms. The summed E-state index contributed by atoms with van der Waals surface area (Å²) >= 11 is 0. The van der Waals surface area contributed by atoms with Crippen molar-refractivity contribution in [3.8, 4) is 0 Å². The summed E-state index contributed by atoms with van der Waals surface area (Å²) in [5.41, 5.74) is 3.54. The van der Waals surface area contributed by atoms with Gasteiger partial charge in [0.25, 0.3) is 0 Å². The number of nitrogens with zero attached hydrogens (tertiary/aromatic N) is 1. The first kappa shape index (κ1) is 13.4. The second-order valence-electron chi connectivity index (χ2n) is 7.17. The third-order valence-electron chi connectivity index (χ3n) is 6.22. The summed E-state index contributed by atoms with van der Waals surface area (Å²) in [6.07, 6.45) is 5.72. The second kappa shape index (κ2) is 4.73. The van der Waals surface area contributed by atoms with Gasteiger partial charge in [-0.05, 0) is 67.6 Å². The number of rotatable bonds is 2. The maximum absolute atomic E-state index is 12.5. The molecule has 1 unspecified atom stereocenters. The quantitative estimate of drug-likeness (QED) is 0.837. The van der Waals surface area contributed by atoms with Gasteiger partial charge in [-0.25, -0.2) is 4.79 Å². The third-order valence-corrected chi connectivity index (χ3v) is 6.22. The molecule has 2 fully saturated rings. The summed E-state index contributed by atoms with van der Waals surface area (Å²) in [5.74, 6) is 2.07. The topological polar surface area (TPSA) is 67.0 Å². The predicted molar refractivity (Wildman–Crippen MR) is 87.2 cm³/mol. The standard InChI is InChI=1S/C18H21N3O2/c1-2-23-18(22)17-15-10-4-3-9(7-10)14(15)16-11-8-19-21-12(11)5-6-13(16)20-17/h5-6,8-10,14-15,17,20H,2-4,7H2,1H3,(H,19,21)/t9-,10?,14+,15-,17-/m1/s1. The molecule has 0 spiro atoms. The minimum atomic E-state index is -0.202. The van der Waals surface area contributed by atoms with Crippen molar-refractivity contribution < 1.29 is 9.53 Å². The van der Waals surface area contributed by atoms with Crippen LogP contribution in [0.1, 0.15) is 37.7 Å². The maximum Gasteiger partial charge on any atom is 0.328 e. The molecule has 23 heavy (non-hydrogen) atoms. The second-order valence-corrected chi connectivity index (χ2v) is 7.17. The Morgan fingerprint density at radius 2 is 2.22 bits per heavy atom. The van der Waals surface area contributed by atoms with Crippen molar-refractivity contribution in [1.29, 1.82) is 0 Å². The Labute approximate surface area is 134 Å². The summed E-state index contributed by atoms with van der Waals surface area (Å²) in [7, 11) is 0. The van der Waals surface area contributed by atoms with E-state index in [1.165, 1.54) is 30.2 Å². The number of carbonyl (C=O) groups excluding carboxylic acids is 1. The van der Waals surface area contributed by atoms with E-state index in [0.717, 1.165) is 11.2 Å². The molecule has 1 aromatic heterocycles. The van der Waals surface area contributed by atoms with Crippen LogP contribution in [-0.2, 0) is 9.53 Å². The number of aromatic amines is 1. The van der Waals surface area contributed by atoms with Crippen molar-refractivity contribution in [2.45, 2.75) is 38.1 Å². The van der Waals surface area contributed by atoms with E-state index in [9.17, 15) is 4.79 Å². The van der Waals surface area contributed by atoms with Gasteiger partial charge in [0.2, 0.25) is 0 Å². The Morgan fingerprint density at radius 3 is 3.09 bits per heavy atom. The summed E-state index contributed by atoms with van der Waals surface area (Å²) in [6.45, 7) is 2.32. The molecule has 2 N–H and O–H groups in total. The Hall–Kier alpha value is -2.04. The summed E-state index contributed by atoms with van der Waals surface area (Å²) in [4.78, 5) is 12.5. The van der Waals surface area contributed by atoms with Crippen LogP contribution in [0.2, 0.25) is 0 Å². The van der Waals surface area contributed by atoms with Crippen LogP contribution in [0, 0.1) is 17.8 Å². The zero-order valence-electron chi connectivity index (χ0n) is 13.2. The Bertz CT molecular complexity index is 784. The van der Waals surface area contributed by atoms with Gasteiger partial charge in [0.05, 0.1) is 18.3 Å². The van der Waals surface area contributed by atoms with Crippen molar-refractivity contribution >= 4 is 22.6 Å². The number of fused-ring (bicyclic) bond motifs is 9. The zero-order chi connectivity index (χ0) is 15.6. The summed E-state index contributed by atoms with van der Waals surface area (Å²) in [6, 6.07) is 3.93. The van der Waals surface area contributed by atoms with Gasteiger partial charge in [-0.1, -0.05) is 0 Å². The highest BCUT2D eigenvalue weighted by molar-refractivity contribution is 5.91. The number of ether oxygens (including phenoxy) is 1. The number of hydrogen-bond acceptors (Lipinski definition) is 4. The molecule has 0 saturated heterocycles. The fraction of sp³-hybridized carbons (Fsp3) is 0.556. The van der Waals surface area contributed by atoms with E-state index in [1.807, 2.05) is 19.2 Å². The number of benzene rings is 1. The molecular weight excluding hydrogens is 290 g/mol. The van der Waals surface area contributed by atoms with Crippen molar-refractivity contribution in [2.24, 2.45) is 17.8 Å². The fourth-order valence-electron chi connectivity index (χ4n) is 5.48. The smallest absolute Gasteiger partial charge is 0.328 e. The molecule has 0 radical (unpaired) electrons. The first-order valence-corrected chi connectivity index (χ1v) is 8.67. The van der Waals surface area contributed by atoms with Crippen LogP contribution in [0.25, 0.3) is 10.9 Å². The molecule has 2 aromatic rings. The maximum atomic E-state index is 12.5. The summed E-state index contributed by atoms with van der Waals surface area (Å²) in [5, 5.41) is 12.0. The molecule has 2 saturated carbocycles. The lowest BCUT2D eigenvalue weighted by atomic mass is 9.68. The number of hydrogen-bond donors (Lipinski definition) is 2. The molecule has 5 atom stereocenters. The third kappa shape index (κ3) is 1.73. The molecule has 2 aliphatic carbocycles. The average Bonchev–Trinajstić information content (AvgIpc) is 3.29. The van der Waals surface area contributed by atoms with Crippen molar-refractivity contribution in [3.63, 3.8) is 0 Å². The lowest BCUT2D eigenvalue weighted by Crippen LogP contribution is -2.46. The van der Waals surface area contributed by atoms with E-state index in [4.69, 9.17) is 4.74 Å². The SMILES string of the molecule is CCOC(=O)[C@@H]1Nc2ccc3[nH]ncc3c2[C@H]2[C@@H]3CCC(C3)[C@H]21. The van der Waals surface area contributed by atoms with E-state index < -0.39 is 0 Å². The highest BCUT2D eigenvalue weighted by Gasteiger charge is 2.56. The first-order chi connectivity index (χ1) is 11.3. The number of nitrogens with one attached hydrogen (secondary N) is 2. The predicted octanol–water partition coefficient (Wildman–Crippen LogP) is 3.05. The largest absolute Gasteiger partial charge is 0.464 e. The zero-order valence-corrected chi connectivity index (χ0v) is 13.2. The lowest BCUT2D eigenvalue weighted by molar-refractivity contribution is -0.146. The van der Waals surface area contributed by atoms with E-state index in [0.29, 0.717) is 30.3 Å². The highest BCUT2D eigenvalue weighted by atomic mass is 16.5. The monoisotopic (exact) mass is 311 g/mol. The number of carbonyl (C=O) groups is 1. The van der Waals surface area contributed by atoms with Gasteiger partial charge in [-0.3, -0.25) is 5.10 Å². The van der Waals surface area contributed by atoms with Crippen LogP contribution in [0.4, 0.5) is 5.69 Å². The molecule has 5 nitrogen and oxygen atoms in total. The van der Waals surface area contributed by atoms with Crippen molar-refractivity contribution in [3.05, 3.63) is 23.9 Å². The molecule has 1 aliphatic heterocycles. The Kier molecular flexibility index (Phi) is 2.75. The normalized spacial score (nSPS) is 34.0.